The first-order chi connectivity index (χ1) is 14.1. The number of ether oxygens (including phenoxy) is 1. The number of pyridine rings is 1. The zero-order valence-corrected chi connectivity index (χ0v) is 16.9. The summed E-state index contributed by atoms with van der Waals surface area (Å²) in [6.07, 6.45) is 2.86. The van der Waals surface area contributed by atoms with Crippen LogP contribution in [0.5, 0.6) is 5.75 Å². The van der Waals surface area contributed by atoms with E-state index in [1.165, 1.54) is 12.1 Å². The lowest BCUT2D eigenvalue weighted by Crippen LogP contribution is -2.51. The second kappa shape index (κ2) is 10.8. The molecule has 1 aromatic carbocycles. The van der Waals surface area contributed by atoms with E-state index in [0.717, 1.165) is 38.5 Å². The number of hydrogen-bond donors (Lipinski definition) is 1. The molecule has 1 N–H and O–H groups in total. The van der Waals surface area contributed by atoms with Crippen molar-refractivity contribution in [3.8, 4) is 5.75 Å². The molecule has 6 nitrogen and oxygen atoms in total. The van der Waals surface area contributed by atoms with E-state index in [4.69, 9.17) is 4.74 Å². The van der Waals surface area contributed by atoms with Crippen molar-refractivity contribution in [2.45, 2.75) is 25.8 Å². The molecule has 1 aliphatic heterocycles. The van der Waals surface area contributed by atoms with Crippen LogP contribution in [-0.4, -0.2) is 61.2 Å². The summed E-state index contributed by atoms with van der Waals surface area (Å²) in [7, 11) is 0. The van der Waals surface area contributed by atoms with Gasteiger partial charge < -0.3 is 15.0 Å². The molecular weight excluding hydrogens is 371 g/mol. The van der Waals surface area contributed by atoms with Gasteiger partial charge in [0.05, 0.1) is 6.61 Å². The number of nitrogens with one attached hydrogen (secondary N) is 1. The summed E-state index contributed by atoms with van der Waals surface area (Å²) in [5.74, 6) is 1.39. The average Bonchev–Trinajstić information content (AvgIpc) is 2.73. The fourth-order valence-corrected chi connectivity index (χ4v) is 3.43. The van der Waals surface area contributed by atoms with Gasteiger partial charge in [-0.1, -0.05) is 6.07 Å². The molecule has 1 fully saturated rings. The van der Waals surface area contributed by atoms with Gasteiger partial charge >= 0.3 is 0 Å². The molecule has 156 valence electrons. The molecule has 1 aliphatic rings. The van der Waals surface area contributed by atoms with Gasteiger partial charge in [0.15, 0.2) is 0 Å². The molecule has 0 aliphatic carbocycles. The monoisotopic (exact) mass is 400 g/mol. The summed E-state index contributed by atoms with van der Waals surface area (Å²) < 4.78 is 18.4. The number of anilines is 1. The third-order valence-corrected chi connectivity index (χ3v) is 4.92. The van der Waals surface area contributed by atoms with Crippen molar-refractivity contribution >= 4 is 11.7 Å². The fraction of sp³-hybridized carbons (Fsp3) is 0.455. The van der Waals surface area contributed by atoms with Gasteiger partial charge in [0, 0.05) is 51.4 Å². The first-order valence-corrected chi connectivity index (χ1v) is 10.2. The van der Waals surface area contributed by atoms with Crippen molar-refractivity contribution in [2.75, 3.05) is 44.2 Å². The molecule has 7 heteroatoms. The van der Waals surface area contributed by atoms with Gasteiger partial charge in [-0.15, -0.1) is 0 Å². The van der Waals surface area contributed by atoms with E-state index in [1.54, 1.807) is 12.1 Å². The van der Waals surface area contributed by atoms with Crippen molar-refractivity contribution in [2.24, 2.45) is 0 Å². The lowest BCUT2D eigenvalue weighted by molar-refractivity contribution is -0.122. The Morgan fingerprint density at radius 2 is 1.93 bits per heavy atom. The van der Waals surface area contributed by atoms with Crippen molar-refractivity contribution in [3.05, 3.63) is 54.5 Å². The summed E-state index contributed by atoms with van der Waals surface area (Å²) in [6.45, 7) is 7.12. The van der Waals surface area contributed by atoms with Crippen LogP contribution in [0.25, 0.3) is 0 Å². The molecule has 1 aromatic heterocycles. The number of hydrogen-bond acceptors (Lipinski definition) is 5. The molecule has 2 aromatic rings. The predicted octanol–water partition coefficient (Wildman–Crippen LogP) is 2.71. The Hall–Kier alpha value is -2.67. The Kier molecular flexibility index (Phi) is 7.81. The number of rotatable bonds is 9. The number of benzene rings is 1. The van der Waals surface area contributed by atoms with E-state index in [2.05, 4.69) is 20.1 Å². The van der Waals surface area contributed by atoms with Crippen molar-refractivity contribution < 1.29 is 13.9 Å². The van der Waals surface area contributed by atoms with Crippen molar-refractivity contribution in [1.29, 1.82) is 0 Å². The maximum absolute atomic E-state index is 12.9. The third-order valence-electron chi connectivity index (χ3n) is 4.92. The maximum atomic E-state index is 12.9. The van der Waals surface area contributed by atoms with Gasteiger partial charge in [0.2, 0.25) is 5.91 Å². The normalized spacial score (nSPS) is 15.7. The van der Waals surface area contributed by atoms with Crippen molar-refractivity contribution in [3.63, 3.8) is 0 Å². The van der Waals surface area contributed by atoms with Crippen LogP contribution in [0.2, 0.25) is 0 Å². The second-order valence-electron chi connectivity index (χ2n) is 7.35. The standard InChI is InChI=1S/C22H29FN4O2/c1-18(17-26-12-14-27(15-13-26)21-5-2-3-11-24-21)25-22(28)6-4-16-29-20-9-7-19(23)8-10-20/h2-3,5,7-11,18H,4,6,12-17H2,1H3,(H,25,28). The van der Waals surface area contributed by atoms with E-state index in [9.17, 15) is 9.18 Å². The Labute approximate surface area is 171 Å². The maximum Gasteiger partial charge on any atom is 0.220 e. The molecule has 0 saturated carbocycles. The molecule has 1 saturated heterocycles. The minimum atomic E-state index is -0.288. The molecule has 3 rings (SSSR count). The molecule has 29 heavy (non-hydrogen) atoms. The van der Waals surface area contributed by atoms with E-state index in [0.29, 0.717) is 25.2 Å². The summed E-state index contributed by atoms with van der Waals surface area (Å²) in [5.41, 5.74) is 0. The van der Waals surface area contributed by atoms with Crippen LogP contribution >= 0.6 is 0 Å². The molecule has 0 spiro atoms. The number of carbonyl (C=O) groups is 1. The topological polar surface area (TPSA) is 57.7 Å². The highest BCUT2D eigenvalue weighted by Gasteiger charge is 2.19. The first-order valence-electron chi connectivity index (χ1n) is 10.2. The Morgan fingerprint density at radius 3 is 2.62 bits per heavy atom. The highest BCUT2D eigenvalue weighted by molar-refractivity contribution is 5.76. The van der Waals surface area contributed by atoms with Crippen LogP contribution in [0.1, 0.15) is 19.8 Å². The van der Waals surface area contributed by atoms with Crippen LogP contribution < -0.4 is 15.0 Å². The lowest BCUT2D eigenvalue weighted by atomic mass is 10.2. The van der Waals surface area contributed by atoms with Gasteiger partial charge in [-0.05, 0) is 49.7 Å². The molecule has 0 bridgehead atoms. The fourth-order valence-electron chi connectivity index (χ4n) is 3.43. The highest BCUT2D eigenvalue weighted by atomic mass is 19.1. The molecule has 1 unspecified atom stereocenters. The van der Waals surface area contributed by atoms with Crippen LogP contribution in [0.4, 0.5) is 10.2 Å². The highest BCUT2D eigenvalue weighted by Crippen LogP contribution is 2.13. The van der Waals surface area contributed by atoms with E-state index < -0.39 is 0 Å². The average molecular weight is 400 g/mol. The molecule has 1 atom stereocenters. The van der Waals surface area contributed by atoms with E-state index in [-0.39, 0.29) is 17.8 Å². The third kappa shape index (κ3) is 7.02. The summed E-state index contributed by atoms with van der Waals surface area (Å²) in [5, 5.41) is 3.06. The summed E-state index contributed by atoms with van der Waals surface area (Å²) in [4.78, 5) is 21.2. The van der Waals surface area contributed by atoms with E-state index in [1.807, 2.05) is 31.3 Å². The number of halogens is 1. The summed E-state index contributed by atoms with van der Waals surface area (Å²) in [6, 6.07) is 12.0. The lowest BCUT2D eigenvalue weighted by Gasteiger charge is -2.36. The second-order valence-corrected chi connectivity index (χ2v) is 7.35. The number of carbonyl (C=O) groups excluding carboxylic acids is 1. The van der Waals surface area contributed by atoms with Gasteiger partial charge in [-0.3, -0.25) is 9.69 Å². The Balaban J connectivity index is 1.28. The molecule has 1 amide bonds. The zero-order valence-electron chi connectivity index (χ0n) is 16.9. The Bertz CT molecular complexity index is 749. The van der Waals surface area contributed by atoms with Gasteiger partial charge in [0.1, 0.15) is 17.4 Å². The smallest absolute Gasteiger partial charge is 0.220 e. The number of piperazine rings is 1. The SMILES string of the molecule is CC(CN1CCN(c2ccccn2)CC1)NC(=O)CCCOc1ccc(F)cc1. The largest absolute Gasteiger partial charge is 0.494 e. The number of amides is 1. The number of nitrogens with zero attached hydrogens (tertiary/aromatic N) is 3. The minimum absolute atomic E-state index is 0.0346. The number of aromatic nitrogens is 1. The predicted molar refractivity (Wildman–Crippen MR) is 112 cm³/mol. The summed E-state index contributed by atoms with van der Waals surface area (Å²) >= 11 is 0. The van der Waals surface area contributed by atoms with Gasteiger partial charge in [-0.25, -0.2) is 9.37 Å². The van der Waals surface area contributed by atoms with Crippen molar-refractivity contribution in [1.82, 2.24) is 15.2 Å². The van der Waals surface area contributed by atoms with Crippen LogP contribution in [0.15, 0.2) is 48.7 Å². The van der Waals surface area contributed by atoms with Crippen LogP contribution in [0, 0.1) is 5.82 Å². The van der Waals surface area contributed by atoms with Gasteiger partial charge in [-0.2, -0.15) is 0 Å². The zero-order chi connectivity index (χ0) is 20.5. The van der Waals surface area contributed by atoms with E-state index >= 15 is 0 Å². The van der Waals surface area contributed by atoms with Crippen LogP contribution in [-0.2, 0) is 4.79 Å². The molecular formula is C22H29FN4O2. The Morgan fingerprint density at radius 1 is 1.17 bits per heavy atom. The van der Waals surface area contributed by atoms with Crippen LogP contribution in [0.3, 0.4) is 0 Å². The molecule has 0 radical (unpaired) electrons. The minimum Gasteiger partial charge on any atom is -0.494 e. The molecule has 2 heterocycles. The van der Waals surface area contributed by atoms with Gasteiger partial charge in [0.25, 0.3) is 0 Å². The first kappa shape index (κ1) is 21.0. The quantitative estimate of drug-likeness (QED) is 0.656.